The maximum absolute atomic E-state index is 6.08. The Morgan fingerprint density at radius 1 is 1.28 bits per heavy atom. The minimum absolute atomic E-state index is 0.103. The zero-order valence-electron chi connectivity index (χ0n) is 10.2. The van der Waals surface area contributed by atoms with Crippen LogP contribution in [-0.4, -0.2) is 6.04 Å². The van der Waals surface area contributed by atoms with E-state index in [-0.39, 0.29) is 11.3 Å². The Balaban J connectivity index is 2.06. The second-order valence-corrected chi connectivity index (χ2v) is 6.27. The molecule has 2 aromatic rings. The minimum Gasteiger partial charge on any atom is -0.468 e. The molecule has 0 amide bonds. The molecule has 2 nitrogen and oxygen atoms in total. The SMILES string of the molecule is CC(N)C(SCc1ccco1)c1ccc(Br)cc1. The molecule has 0 saturated carbocycles. The first-order valence-corrected chi connectivity index (χ1v) is 7.66. The normalized spacial score (nSPS) is 14.4. The number of thioether (sulfide) groups is 1. The lowest BCUT2D eigenvalue weighted by Gasteiger charge is -2.20. The van der Waals surface area contributed by atoms with Gasteiger partial charge >= 0.3 is 0 Å². The number of halogens is 1. The highest BCUT2D eigenvalue weighted by atomic mass is 79.9. The summed E-state index contributed by atoms with van der Waals surface area (Å²) in [5.74, 6) is 1.83. The summed E-state index contributed by atoms with van der Waals surface area (Å²) in [7, 11) is 0. The molecule has 0 spiro atoms. The summed E-state index contributed by atoms with van der Waals surface area (Å²) in [6.45, 7) is 2.04. The lowest BCUT2D eigenvalue weighted by molar-refractivity contribution is 0.530. The van der Waals surface area contributed by atoms with Gasteiger partial charge in [0.25, 0.3) is 0 Å². The van der Waals surface area contributed by atoms with Gasteiger partial charge in [-0.1, -0.05) is 28.1 Å². The fraction of sp³-hybridized carbons (Fsp3) is 0.286. The summed E-state index contributed by atoms with van der Waals surface area (Å²) in [6.07, 6.45) is 1.70. The molecule has 2 unspecified atom stereocenters. The zero-order chi connectivity index (χ0) is 13.0. The Morgan fingerprint density at radius 3 is 2.56 bits per heavy atom. The average molecular weight is 326 g/mol. The van der Waals surface area contributed by atoms with E-state index in [1.165, 1.54) is 5.56 Å². The van der Waals surface area contributed by atoms with Crippen molar-refractivity contribution in [2.24, 2.45) is 5.73 Å². The van der Waals surface area contributed by atoms with Crippen LogP contribution in [0.2, 0.25) is 0 Å². The smallest absolute Gasteiger partial charge is 0.113 e. The van der Waals surface area contributed by atoms with Gasteiger partial charge in [0, 0.05) is 15.8 Å². The van der Waals surface area contributed by atoms with Crippen molar-refractivity contribution in [2.75, 3.05) is 0 Å². The maximum atomic E-state index is 6.08. The number of rotatable bonds is 5. The molecule has 2 N–H and O–H groups in total. The Hall–Kier alpha value is -0.710. The summed E-state index contributed by atoms with van der Waals surface area (Å²) >= 11 is 5.26. The molecule has 1 aromatic carbocycles. The van der Waals surface area contributed by atoms with E-state index in [2.05, 4.69) is 40.2 Å². The molecule has 0 fully saturated rings. The van der Waals surface area contributed by atoms with Gasteiger partial charge in [-0.2, -0.15) is 0 Å². The van der Waals surface area contributed by atoms with Gasteiger partial charge in [-0.3, -0.25) is 0 Å². The molecule has 4 heteroatoms. The molecule has 0 aliphatic rings. The number of benzene rings is 1. The third kappa shape index (κ3) is 3.64. The molecule has 0 aliphatic heterocycles. The average Bonchev–Trinajstić information content (AvgIpc) is 2.84. The van der Waals surface area contributed by atoms with E-state index in [1.54, 1.807) is 6.26 Å². The predicted molar refractivity (Wildman–Crippen MR) is 80.5 cm³/mol. The van der Waals surface area contributed by atoms with Gasteiger partial charge < -0.3 is 10.2 Å². The van der Waals surface area contributed by atoms with Crippen LogP contribution in [0, 0.1) is 0 Å². The molecular weight excluding hydrogens is 310 g/mol. The van der Waals surface area contributed by atoms with Crippen molar-refractivity contribution in [2.45, 2.75) is 24.0 Å². The summed E-state index contributed by atoms with van der Waals surface area (Å²) in [4.78, 5) is 0. The summed E-state index contributed by atoms with van der Waals surface area (Å²) in [6, 6.07) is 12.4. The molecule has 0 aliphatic carbocycles. The van der Waals surface area contributed by atoms with Crippen LogP contribution in [-0.2, 0) is 5.75 Å². The van der Waals surface area contributed by atoms with Gasteiger partial charge in [0.1, 0.15) is 5.76 Å². The standard InChI is InChI=1S/C14H16BrNOS/c1-10(16)14(11-4-6-12(15)7-5-11)18-9-13-3-2-8-17-13/h2-8,10,14H,9,16H2,1H3. The Bertz CT molecular complexity index is 467. The highest BCUT2D eigenvalue weighted by molar-refractivity contribution is 9.10. The molecule has 0 saturated heterocycles. The Kier molecular flexibility index (Phi) is 4.92. The molecule has 0 radical (unpaired) electrons. The van der Waals surface area contributed by atoms with Crippen LogP contribution >= 0.6 is 27.7 Å². The van der Waals surface area contributed by atoms with Crippen LogP contribution in [0.15, 0.2) is 51.6 Å². The summed E-state index contributed by atoms with van der Waals surface area (Å²) in [5.41, 5.74) is 7.34. The van der Waals surface area contributed by atoms with Crippen molar-refractivity contribution in [1.29, 1.82) is 0 Å². The Morgan fingerprint density at radius 2 is 2.00 bits per heavy atom. The van der Waals surface area contributed by atoms with Crippen LogP contribution < -0.4 is 5.73 Å². The van der Waals surface area contributed by atoms with Crippen LogP contribution in [0.5, 0.6) is 0 Å². The van der Waals surface area contributed by atoms with Crippen molar-refractivity contribution < 1.29 is 4.42 Å². The molecule has 2 rings (SSSR count). The van der Waals surface area contributed by atoms with E-state index in [9.17, 15) is 0 Å². The lowest BCUT2D eigenvalue weighted by atomic mass is 10.1. The van der Waals surface area contributed by atoms with Crippen molar-refractivity contribution >= 4 is 27.7 Å². The van der Waals surface area contributed by atoms with Crippen LogP contribution in [0.4, 0.5) is 0 Å². The quantitative estimate of drug-likeness (QED) is 0.887. The highest BCUT2D eigenvalue weighted by Gasteiger charge is 2.17. The van der Waals surface area contributed by atoms with Gasteiger partial charge in [0.2, 0.25) is 0 Å². The molecular formula is C14H16BrNOS. The van der Waals surface area contributed by atoms with Crippen molar-refractivity contribution in [1.82, 2.24) is 0 Å². The second kappa shape index (κ2) is 6.45. The zero-order valence-corrected chi connectivity index (χ0v) is 12.6. The monoisotopic (exact) mass is 325 g/mol. The van der Waals surface area contributed by atoms with Gasteiger partial charge in [0.15, 0.2) is 0 Å². The van der Waals surface area contributed by atoms with E-state index in [0.717, 1.165) is 16.0 Å². The molecule has 96 valence electrons. The fourth-order valence-corrected chi connectivity index (χ4v) is 3.20. The Labute approximate surface area is 120 Å². The predicted octanol–water partition coefficient (Wildman–Crippen LogP) is 4.36. The number of nitrogens with two attached hydrogens (primary N) is 1. The lowest BCUT2D eigenvalue weighted by Crippen LogP contribution is -2.22. The van der Waals surface area contributed by atoms with Gasteiger partial charge in [-0.05, 0) is 36.8 Å². The van der Waals surface area contributed by atoms with E-state index < -0.39 is 0 Å². The van der Waals surface area contributed by atoms with Crippen LogP contribution in [0.3, 0.4) is 0 Å². The second-order valence-electron chi connectivity index (χ2n) is 4.22. The van der Waals surface area contributed by atoms with Crippen LogP contribution in [0.1, 0.15) is 23.5 Å². The maximum Gasteiger partial charge on any atom is 0.113 e. The largest absolute Gasteiger partial charge is 0.468 e. The van der Waals surface area contributed by atoms with Gasteiger partial charge in [-0.15, -0.1) is 11.8 Å². The van der Waals surface area contributed by atoms with Gasteiger partial charge in [0.05, 0.1) is 12.0 Å². The van der Waals surface area contributed by atoms with Crippen molar-refractivity contribution in [3.63, 3.8) is 0 Å². The number of hydrogen-bond donors (Lipinski definition) is 1. The van der Waals surface area contributed by atoms with Crippen LogP contribution in [0.25, 0.3) is 0 Å². The van der Waals surface area contributed by atoms with E-state index in [4.69, 9.17) is 10.2 Å². The number of furan rings is 1. The first-order chi connectivity index (χ1) is 8.66. The van der Waals surface area contributed by atoms with Crippen molar-refractivity contribution in [3.8, 4) is 0 Å². The third-order valence-corrected chi connectivity index (χ3v) is 4.70. The minimum atomic E-state index is 0.103. The highest BCUT2D eigenvalue weighted by Crippen LogP contribution is 2.34. The van der Waals surface area contributed by atoms with Crippen molar-refractivity contribution in [3.05, 3.63) is 58.5 Å². The van der Waals surface area contributed by atoms with E-state index in [1.807, 2.05) is 30.8 Å². The first-order valence-electron chi connectivity index (χ1n) is 5.82. The molecule has 2 atom stereocenters. The first kappa shape index (κ1) is 13.7. The topological polar surface area (TPSA) is 39.2 Å². The van der Waals surface area contributed by atoms with Gasteiger partial charge in [-0.25, -0.2) is 0 Å². The summed E-state index contributed by atoms with van der Waals surface area (Å²) < 4.78 is 6.44. The molecule has 1 aromatic heterocycles. The fourth-order valence-electron chi connectivity index (χ4n) is 1.77. The number of hydrogen-bond acceptors (Lipinski definition) is 3. The molecule has 0 bridgehead atoms. The van der Waals surface area contributed by atoms with E-state index >= 15 is 0 Å². The third-order valence-electron chi connectivity index (χ3n) is 2.66. The summed E-state index contributed by atoms with van der Waals surface area (Å²) in [5, 5.41) is 0.281. The molecule has 18 heavy (non-hydrogen) atoms. The van der Waals surface area contributed by atoms with E-state index in [0.29, 0.717) is 0 Å². The molecule has 1 heterocycles.